The fourth-order valence-corrected chi connectivity index (χ4v) is 2.10. The summed E-state index contributed by atoms with van der Waals surface area (Å²) >= 11 is 5.94. The third-order valence-corrected chi connectivity index (χ3v) is 3.16. The molecular formula is C12H13ClFN3O2. The minimum Gasteiger partial charge on any atom is -0.395 e. The Morgan fingerprint density at radius 3 is 2.84 bits per heavy atom. The van der Waals surface area contributed by atoms with Crippen molar-refractivity contribution in [2.75, 3.05) is 6.61 Å². The fourth-order valence-electron chi connectivity index (χ4n) is 1.87. The summed E-state index contributed by atoms with van der Waals surface area (Å²) in [6.45, 7) is -0.0717. The van der Waals surface area contributed by atoms with Crippen LogP contribution in [0, 0.1) is 5.82 Å². The molecule has 0 fully saturated rings. The SMILES string of the molecule is Cn1nc(Cc2c(F)cccc2Cl)n(CCO)c1=O. The van der Waals surface area contributed by atoms with Crippen LogP contribution in [-0.2, 0) is 20.0 Å². The van der Waals surface area contributed by atoms with E-state index >= 15 is 0 Å². The molecule has 2 rings (SSSR count). The summed E-state index contributed by atoms with van der Waals surface area (Å²) in [5, 5.41) is 13.3. The molecule has 2 aromatic rings. The van der Waals surface area contributed by atoms with Gasteiger partial charge in [0, 0.05) is 24.1 Å². The molecule has 0 aliphatic carbocycles. The summed E-state index contributed by atoms with van der Waals surface area (Å²) in [4.78, 5) is 11.8. The first kappa shape index (κ1) is 13.8. The predicted molar refractivity (Wildman–Crippen MR) is 68.8 cm³/mol. The average molecular weight is 286 g/mol. The smallest absolute Gasteiger partial charge is 0.345 e. The van der Waals surface area contributed by atoms with E-state index < -0.39 is 5.82 Å². The van der Waals surface area contributed by atoms with Crippen LogP contribution in [0.4, 0.5) is 4.39 Å². The van der Waals surface area contributed by atoms with Crippen LogP contribution in [0.3, 0.4) is 0 Å². The standard InChI is InChI=1S/C12H13ClFN3O2/c1-16-12(19)17(5-6-18)11(15-16)7-8-9(13)3-2-4-10(8)14/h2-4,18H,5-7H2,1H3. The summed E-state index contributed by atoms with van der Waals surface area (Å²) in [6, 6.07) is 4.40. The van der Waals surface area contributed by atoms with E-state index in [1.807, 2.05) is 0 Å². The average Bonchev–Trinajstić information content (AvgIpc) is 2.62. The molecule has 7 heteroatoms. The molecule has 0 aliphatic heterocycles. The molecule has 0 unspecified atom stereocenters. The van der Waals surface area contributed by atoms with Crippen LogP contribution < -0.4 is 5.69 Å². The molecular weight excluding hydrogens is 273 g/mol. The van der Waals surface area contributed by atoms with Gasteiger partial charge in [0.25, 0.3) is 0 Å². The summed E-state index contributed by atoms with van der Waals surface area (Å²) < 4.78 is 16.2. The summed E-state index contributed by atoms with van der Waals surface area (Å²) in [5.41, 5.74) is -0.0644. The topological polar surface area (TPSA) is 60.1 Å². The zero-order chi connectivity index (χ0) is 14.0. The lowest BCUT2D eigenvalue weighted by Gasteiger charge is -2.06. The molecule has 0 radical (unpaired) electrons. The second-order valence-corrected chi connectivity index (χ2v) is 4.48. The van der Waals surface area contributed by atoms with Crippen LogP contribution in [0.5, 0.6) is 0 Å². The zero-order valence-corrected chi connectivity index (χ0v) is 11.1. The molecule has 0 atom stereocenters. The first-order valence-corrected chi connectivity index (χ1v) is 6.09. The van der Waals surface area contributed by atoms with Gasteiger partial charge in [0.2, 0.25) is 0 Å². The summed E-state index contributed by atoms with van der Waals surface area (Å²) in [5.74, 6) is -0.0744. The van der Waals surface area contributed by atoms with Crippen molar-refractivity contribution in [3.8, 4) is 0 Å². The van der Waals surface area contributed by atoms with Crippen molar-refractivity contribution >= 4 is 11.6 Å². The van der Waals surface area contributed by atoms with Gasteiger partial charge in [-0.2, -0.15) is 5.10 Å². The van der Waals surface area contributed by atoms with Crippen molar-refractivity contribution in [2.24, 2.45) is 7.05 Å². The molecule has 1 heterocycles. The van der Waals surface area contributed by atoms with Crippen molar-refractivity contribution in [1.29, 1.82) is 0 Å². The van der Waals surface area contributed by atoms with Crippen LogP contribution in [0.2, 0.25) is 5.02 Å². The predicted octanol–water partition coefficient (Wildman–Crippen LogP) is 0.957. The van der Waals surface area contributed by atoms with Crippen molar-refractivity contribution < 1.29 is 9.50 Å². The van der Waals surface area contributed by atoms with Gasteiger partial charge >= 0.3 is 5.69 Å². The van der Waals surface area contributed by atoms with E-state index in [1.165, 1.54) is 23.7 Å². The minimum atomic E-state index is -0.443. The second-order valence-electron chi connectivity index (χ2n) is 4.07. The molecule has 0 spiro atoms. The van der Waals surface area contributed by atoms with Crippen LogP contribution in [0.25, 0.3) is 0 Å². The summed E-state index contributed by atoms with van der Waals surface area (Å²) in [7, 11) is 1.50. The Morgan fingerprint density at radius 1 is 1.47 bits per heavy atom. The molecule has 0 amide bonds. The Hall–Kier alpha value is -1.66. The van der Waals surface area contributed by atoms with E-state index in [1.54, 1.807) is 6.07 Å². The lowest BCUT2D eigenvalue weighted by molar-refractivity contribution is 0.272. The number of hydrogen-bond donors (Lipinski definition) is 1. The van der Waals surface area contributed by atoms with Gasteiger partial charge in [-0.05, 0) is 12.1 Å². The Morgan fingerprint density at radius 2 is 2.21 bits per heavy atom. The van der Waals surface area contributed by atoms with Gasteiger partial charge in [-0.3, -0.25) is 4.57 Å². The van der Waals surface area contributed by atoms with Crippen molar-refractivity contribution in [3.63, 3.8) is 0 Å². The zero-order valence-electron chi connectivity index (χ0n) is 10.3. The van der Waals surface area contributed by atoms with Gasteiger partial charge in [-0.15, -0.1) is 0 Å². The van der Waals surface area contributed by atoms with Gasteiger partial charge in [0.15, 0.2) is 0 Å². The second kappa shape index (κ2) is 5.54. The Balaban J connectivity index is 2.44. The van der Waals surface area contributed by atoms with E-state index in [-0.39, 0.29) is 35.8 Å². The highest BCUT2D eigenvalue weighted by atomic mass is 35.5. The molecule has 1 aromatic carbocycles. The molecule has 102 valence electrons. The minimum absolute atomic E-state index is 0.0988. The lowest BCUT2D eigenvalue weighted by Crippen LogP contribution is -2.25. The molecule has 0 bridgehead atoms. The highest BCUT2D eigenvalue weighted by molar-refractivity contribution is 6.31. The number of aliphatic hydroxyl groups is 1. The molecule has 5 nitrogen and oxygen atoms in total. The lowest BCUT2D eigenvalue weighted by atomic mass is 10.1. The molecule has 0 saturated heterocycles. The third-order valence-electron chi connectivity index (χ3n) is 2.80. The van der Waals surface area contributed by atoms with Crippen LogP contribution in [-0.4, -0.2) is 26.1 Å². The Bertz CT molecular complexity index is 631. The highest BCUT2D eigenvalue weighted by Gasteiger charge is 2.15. The Kier molecular flexibility index (Phi) is 4.01. The number of aliphatic hydroxyl groups excluding tert-OH is 1. The van der Waals surface area contributed by atoms with Crippen LogP contribution in [0.1, 0.15) is 11.4 Å². The van der Waals surface area contributed by atoms with Crippen molar-refractivity contribution in [3.05, 3.63) is 50.9 Å². The quantitative estimate of drug-likeness (QED) is 0.910. The Labute approximate surface area is 113 Å². The van der Waals surface area contributed by atoms with Crippen LogP contribution >= 0.6 is 11.6 Å². The van der Waals surface area contributed by atoms with E-state index in [9.17, 15) is 9.18 Å². The number of aromatic nitrogens is 3. The van der Waals surface area contributed by atoms with Crippen molar-refractivity contribution in [2.45, 2.75) is 13.0 Å². The fraction of sp³-hybridized carbons (Fsp3) is 0.333. The number of benzene rings is 1. The van der Waals surface area contributed by atoms with Gasteiger partial charge in [-0.1, -0.05) is 17.7 Å². The third kappa shape index (κ3) is 2.69. The highest BCUT2D eigenvalue weighted by Crippen LogP contribution is 2.21. The first-order chi connectivity index (χ1) is 9.04. The number of rotatable bonds is 4. The first-order valence-electron chi connectivity index (χ1n) is 5.71. The molecule has 19 heavy (non-hydrogen) atoms. The van der Waals surface area contributed by atoms with E-state index in [4.69, 9.17) is 16.7 Å². The van der Waals surface area contributed by atoms with Gasteiger partial charge in [-0.25, -0.2) is 13.9 Å². The van der Waals surface area contributed by atoms with Crippen molar-refractivity contribution in [1.82, 2.24) is 14.3 Å². The van der Waals surface area contributed by atoms with Gasteiger partial charge in [0.1, 0.15) is 11.6 Å². The monoisotopic (exact) mass is 285 g/mol. The van der Waals surface area contributed by atoms with Crippen LogP contribution in [0.15, 0.2) is 23.0 Å². The van der Waals surface area contributed by atoms with E-state index in [0.717, 1.165) is 4.68 Å². The summed E-state index contributed by atoms with van der Waals surface area (Å²) in [6.07, 6.45) is 0.0988. The normalized spacial score (nSPS) is 10.9. The number of halogens is 2. The number of hydrogen-bond acceptors (Lipinski definition) is 3. The number of aryl methyl sites for hydroxylation is 1. The maximum Gasteiger partial charge on any atom is 0.345 e. The maximum atomic E-state index is 13.7. The number of nitrogens with zero attached hydrogens (tertiary/aromatic N) is 3. The largest absolute Gasteiger partial charge is 0.395 e. The van der Waals surface area contributed by atoms with E-state index in [0.29, 0.717) is 5.82 Å². The van der Waals surface area contributed by atoms with Gasteiger partial charge in [0.05, 0.1) is 13.2 Å². The van der Waals surface area contributed by atoms with Gasteiger partial charge < -0.3 is 5.11 Å². The molecule has 0 saturated carbocycles. The maximum absolute atomic E-state index is 13.7. The molecule has 1 aromatic heterocycles. The molecule has 1 N–H and O–H groups in total. The van der Waals surface area contributed by atoms with E-state index in [2.05, 4.69) is 5.10 Å². The molecule has 0 aliphatic rings.